The van der Waals surface area contributed by atoms with Crippen molar-refractivity contribution in [2.75, 3.05) is 25.4 Å². The first kappa shape index (κ1) is 16.6. The van der Waals surface area contributed by atoms with E-state index in [1.807, 2.05) is 0 Å². The maximum atomic E-state index is 12.7. The molecule has 0 spiro atoms. The molecule has 1 atom stereocenters. The third-order valence-corrected chi connectivity index (χ3v) is 3.92. The molecule has 0 saturated carbocycles. The molecule has 0 aliphatic carbocycles. The lowest BCUT2D eigenvalue weighted by Gasteiger charge is -2.20. The standard InChI is InChI=1S/C15H20F3N3O/c1-10-3-2-5-21(10)6-4-20-14(22)11-7-12(15(16,17)18)9-13(19)8-11/h7-10H,2-6,19H2,1H3,(H,20,22). The Kier molecular flexibility index (Phi) is 4.95. The second-order valence-corrected chi connectivity index (χ2v) is 5.62. The molecule has 1 saturated heterocycles. The number of hydrogen-bond donors (Lipinski definition) is 2. The van der Waals surface area contributed by atoms with E-state index in [4.69, 9.17) is 5.73 Å². The number of carbonyl (C=O) groups excluding carboxylic acids is 1. The summed E-state index contributed by atoms with van der Waals surface area (Å²) in [5.74, 6) is -0.537. The predicted octanol–water partition coefficient (Wildman–Crippen LogP) is 2.50. The summed E-state index contributed by atoms with van der Waals surface area (Å²) in [6.07, 6.45) is -2.24. The van der Waals surface area contributed by atoms with Crippen molar-refractivity contribution in [2.45, 2.75) is 32.0 Å². The van der Waals surface area contributed by atoms with Gasteiger partial charge in [0.25, 0.3) is 5.91 Å². The molecule has 0 bridgehead atoms. The zero-order chi connectivity index (χ0) is 16.3. The smallest absolute Gasteiger partial charge is 0.399 e. The maximum Gasteiger partial charge on any atom is 0.416 e. The minimum atomic E-state index is -4.52. The van der Waals surface area contributed by atoms with Crippen molar-refractivity contribution in [1.82, 2.24) is 10.2 Å². The maximum absolute atomic E-state index is 12.7. The van der Waals surface area contributed by atoms with Crippen LogP contribution in [0.3, 0.4) is 0 Å². The van der Waals surface area contributed by atoms with Gasteiger partial charge in [0.15, 0.2) is 0 Å². The van der Waals surface area contributed by atoms with Crippen LogP contribution in [0.5, 0.6) is 0 Å². The molecule has 122 valence electrons. The minimum absolute atomic E-state index is 0.0678. The number of nitrogens with one attached hydrogen (secondary N) is 1. The summed E-state index contributed by atoms with van der Waals surface area (Å²) in [4.78, 5) is 14.2. The van der Waals surface area contributed by atoms with E-state index in [1.54, 1.807) is 0 Å². The van der Waals surface area contributed by atoms with E-state index in [0.717, 1.165) is 31.5 Å². The Morgan fingerprint density at radius 1 is 1.41 bits per heavy atom. The molecule has 1 aliphatic rings. The Hall–Kier alpha value is -1.76. The first-order valence-electron chi connectivity index (χ1n) is 7.27. The number of carbonyl (C=O) groups is 1. The van der Waals surface area contributed by atoms with Crippen molar-refractivity contribution >= 4 is 11.6 Å². The predicted molar refractivity (Wildman–Crippen MR) is 78.5 cm³/mol. The van der Waals surface area contributed by atoms with Gasteiger partial charge in [-0.05, 0) is 44.5 Å². The van der Waals surface area contributed by atoms with Crippen LogP contribution in [0.4, 0.5) is 18.9 Å². The third kappa shape index (κ3) is 4.13. The first-order chi connectivity index (χ1) is 10.3. The molecule has 7 heteroatoms. The molecule has 1 aromatic rings. The van der Waals surface area contributed by atoms with E-state index in [1.165, 1.54) is 6.07 Å². The fraction of sp³-hybridized carbons (Fsp3) is 0.533. The number of alkyl halides is 3. The van der Waals surface area contributed by atoms with Gasteiger partial charge in [-0.15, -0.1) is 0 Å². The molecule has 3 N–H and O–H groups in total. The molecule has 1 heterocycles. The van der Waals surface area contributed by atoms with Crippen LogP contribution in [0.1, 0.15) is 35.7 Å². The first-order valence-corrected chi connectivity index (χ1v) is 7.27. The SMILES string of the molecule is CC1CCCN1CCNC(=O)c1cc(N)cc(C(F)(F)F)c1. The Balaban J connectivity index is 1.96. The topological polar surface area (TPSA) is 58.4 Å². The van der Waals surface area contributed by atoms with Gasteiger partial charge in [0.05, 0.1) is 5.56 Å². The molecule has 1 fully saturated rings. The molecular formula is C15H20F3N3O. The Morgan fingerprint density at radius 2 is 2.14 bits per heavy atom. The highest BCUT2D eigenvalue weighted by Gasteiger charge is 2.31. The summed E-state index contributed by atoms with van der Waals surface area (Å²) < 4.78 is 38.2. The number of amides is 1. The second kappa shape index (κ2) is 6.56. The van der Waals surface area contributed by atoms with Gasteiger partial charge >= 0.3 is 6.18 Å². The molecule has 2 rings (SSSR count). The fourth-order valence-corrected chi connectivity index (χ4v) is 2.69. The molecule has 1 unspecified atom stereocenters. The van der Waals surface area contributed by atoms with Gasteiger partial charge in [-0.2, -0.15) is 13.2 Å². The molecule has 1 aliphatic heterocycles. The molecule has 0 radical (unpaired) electrons. The lowest BCUT2D eigenvalue weighted by molar-refractivity contribution is -0.137. The minimum Gasteiger partial charge on any atom is -0.399 e. The van der Waals surface area contributed by atoms with Gasteiger partial charge in [-0.25, -0.2) is 0 Å². The molecule has 4 nitrogen and oxygen atoms in total. The van der Waals surface area contributed by atoms with Gasteiger partial charge in [-0.1, -0.05) is 0 Å². The quantitative estimate of drug-likeness (QED) is 0.839. The highest BCUT2D eigenvalue weighted by Crippen LogP contribution is 2.31. The van der Waals surface area contributed by atoms with Crippen LogP contribution >= 0.6 is 0 Å². The number of likely N-dealkylation sites (tertiary alicyclic amines) is 1. The van der Waals surface area contributed by atoms with Crippen LogP contribution in [0.25, 0.3) is 0 Å². The van der Waals surface area contributed by atoms with Crippen molar-refractivity contribution in [1.29, 1.82) is 0 Å². The largest absolute Gasteiger partial charge is 0.416 e. The summed E-state index contributed by atoms with van der Waals surface area (Å²) in [5.41, 5.74) is 4.40. The number of anilines is 1. The molecular weight excluding hydrogens is 295 g/mol. The van der Waals surface area contributed by atoms with Crippen molar-refractivity contribution in [3.63, 3.8) is 0 Å². The number of nitrogen functional groups attached to an aromatic ring is 1. The van der Waals surface area contributed by atoms with Crippen LogP contribution in [0.15, 0.2) is 18.2 Å². The normalized spacial score (nSPS) is 19.4. The summed E-state index contributed by atoms with van der Waals surface area (Å²) in [5, 5.41) is 2.65. The van der Waals surface area contributed by atoms with Crippen molar-refractivity contribution in [3.8, 4) is 0 Å². The zero-order valence-corrected chi connectivity index (χ0v) is 12.4. The van der Waals surface area contributed by atoms with E-state index >= 15 is 0 Å². The second-order valence-electron chi connectivity index (χ2n) is 5.62. The number of rotatable bonds is 4. The van der Waals surface area contributed by atoms with Crippen LogP contribution in [0, 0.1) is 0 Å². The average molecular weight is 315 g/mol. The zero-order valence-electron chi connectivity index (χ0n) is 12.4. The lowest BCUT2D eigenvalue weighted by atomic mass is 10.1. The number of nitrogens with two attached hydrogens (primary N) is 1. The van der Waals surface area contributed by atoms with E-state index in [0.29, 0.717) is 19.1 Å². The van der Waals surface area contributed by atoms with Gasteiger partial charge < -0.3 is 11.1 Å². The summed E-state index contributed by atoms with van der Waals surface area (Å²) in [7, 11) is 0. The number of nitrogens with zero attached hydrogens (tertiary/aromatic N) is 1. The van der Waals surface area contributed by atoms with Crippen molar-refractivity contribution in [2.24, 2.45) is 0 Å². The van der Waals surface area contributed by atoms with Crippen molar-refractivity contribution in [3.05, 3.63) is 29.3 Å². The van der Waals surface area contributed by atoms with Gasteiger partial charge in [0.2, 0.25) is 0 Å². The van der Waals surface area contributed by atoms with Crippen LogP contribution in [-0.4, -0.2) is 36.5 Å². The Morgan fingerprint density at radius 3 is 2.73 bits per heavy atom. The van der Waals surface area contributed by atoms with Crippen molar-refractivity contribution < 1.29 is 18.0 Å². The van der Waals surface area contributed by atoms with Crippen LogP contribution in [-0.2, 0) is 6.18 Å². The average Bonchev–Trinajstić information content (AvgIpc) is 2.82. The molecule has 1 amide bonds. The fourth-order valence-electron chi connectivity index (χ4n) is 2.69. The van der Waals surface area contributed by atoms with Gasteiger partial charge in [0.1, 0.15) is 0 Å². The summed E-state index contributed by atoms with van der Waals surface area (Å²) in [6.45, 7) is 4.22. The van der Waals surface area contributed by atoms with Crippen LogP contribution < -0.4 is 11.1 Å². The van der Waals surface area contributed by atoms with Crippen LogP contribution in [0.2, 0.25) is 0 Å². The summed E-state index contributed by atoms with van der Waals surface area (Å²) >= 11 is 0. The Labute approximate surface area is 127 Å². The Bertz CT molecular complexity index is 545. The monoisotopic (exact) mass is 315 g/mol. The van der Waals surface area contributed by atoms with E-state index < -0.39 is 17.6 Å². The van der Waals surface area contributed by atoms with Gasteiger partial charge in [-0.3, -0.25) is 9.69 Å². The van der Waals surface area contributed by atoms with E-state index in [9.17, 15) is 18.0 Å². The highest BCUT2D eigenvalue weighted by molar-refractivity contribution is 5.95. The molecule has 0 aromatic heterocycles. The lowest BCUT2D eigenvalue weighted by Crippen LogP contribution is -2.36. The number of benzene rings is 1. The van der Waals surface area contributed by atoms with Gasteiger partial charge in [0, 0.05) is 30.4 Å². The van der Waals surface area contributed by atoms with E-state index in [-0.39, 0.29) is 11.3 Å². The molecule has 1 aromatic carbocycles. The molecule has 22 heavy (non-hydrogen) atoms. The number of hydrogen-bond acceptors (Lipinski definition) is 3. The highest BCUT2D eigenvalue weighted by atomic mass is 19.4. The van der Waals surface area contributed by atoms with E-state index in [2.05, 4.69) is 17.1 Å². The third-order valence-electron chi connectivity index (χ3n) is 3.92. The number of halogens is 3. The summed E-state index contributed by atoms with van der Waals surface area (Å²) in [6, 6.07) is 3.39.